The van der Waals surface area contributed by atoms with Crippen LogP contribution in [-0.2, 0) is 0 Å². The van der Waals surface area contributed by atoms with E-state index in [4.69, 9.17) is 0 Å². The van der Waals surface area contributed by atoms with Gasteiger partial charge in [-0.05, 0) is 0 Å². The van der Waals surface area contributed by atoms with Gasteiger partial charge in [-0.25, -0.2) is 0 Å². The maximum atomic E-state index is 0. The van der Waals surface area contributed by atoms with Crippen molar-refractivity contribution in [3.8, 4) is 0 Å². The fraction of sp³-hybridized carbons (Fsp3) is 0. The maximum Gasteiger partial charge on any atom is 2.00 e. The number of rotatable bonds is 0. The van der Waals surface area contributed by atoms with Crippen LogP contribution in [0.2, 0.25) is 0 Å². The standard InChI is InChI=1S/Al.Ca.K.Mg.Na.H2O.9H/h;;;;;1H2;;;;;;;;;/q;+2;+1;+2;+1;;;;;6*-1. The molecular formula is H11AlCaKMgNaO. The van der Waals surface area contributed by atoms with Crippen LogP contribution in [0.25, 0.3) is 0 Å². The molecule has 26 valence electrons. The van der Waals surface area contributed by atoms with Gasteiger partial charge in [0, 0.05) is 0 Å². The monoisotopic (exact) mass is 180 g/mol. The minimum absolute atomic E-state index is 0. The third kappa shape index (κ3) is 22.9. The normalized spacial score (nSPS) is 0. The molecule has 1 nitrogen and oxygen atoms in total. The van der Waals surface area contributed by atoms with Crippen molar-refractivity contribution in [2.45, 2.75) is 0 Å². The zero-order chi connectivity index (χ0) is 0. The van der Waals surface area contributed by atoms with Crippen molar-refractivity contribution in [3.05, 3.63) is 0 Å². The summed E-state index contributed by atoms with van der Waals surface area (Å²) >= 11 is 0. The van der Waals surface area contributed by atoms with Crippen molar-refractivity contribution >= 4 is 78.2 Å². The van der Waals surface area contributed by atoms with Crippen LogP contribution in [-0.4, -0.2) is 83.6 Å². The van der Waals surface area contributed by atoms with Crippen molar-refractivity contribution in [1.29, 1.82) is 0 Å². The first kappa shape index (κ1) is 43.3. The Morgan fingerprint density at radius 2 is 1.17 bits per heavy atom. The van der Waals surface area contributed by atoms with Crippen LogP contribution in [0.5, 0.6) is 0 Å². The van der Waals surface area contributed by atoms with E-state index in [1.165, 1.54) is 0 Å². The van der Waals surface area contributed by atoms with Crippen LogP contribution in [0.4, 0.5) is 0 Å². The van der Waals surface area contributed by atoms with Gasteiger partial charge in [-0.3, -0.25) is 0 Å². The SMILES string of the molecule is O.[AlH3].[Ca+2].[H-].[H-].[H-].[H-].[H-].[H-].[K+].[Mg+2].[Na+]. The first-order valence-corrected chi connectivity index (χ1v) is 0. The fourth-order valence-electron chi connectivity index (χ4n) is 0. The molecule has 2 N–H and O–H groups in total. The van der Waals surface area contributed by atoms with E-state index >= 15 is 0 Å². The molecule has 0 heterocycles. The molecule has 6 heteroatoms. The van der Waals surface area contributed by atoms with Crippen molar-refractivity contribution in [2.24, 2.45) is 0 Å². The van der Waals surface area contributed by atoms with E-state index in [0.29, 0.717) is 0 Å². The molecule has 0 unspecified atom stereocenters. The molecule has 0 aliphatic rings. The third-order valence-electron chi connectivity index (χ3n) is 0. The summed E-state index contributed by atoms with van der Waals surface area (Å²) < 4.78 is 0. The molecule has 0 aromatic heterocycles. The smallest absolute Gasteiger partial charge is 1.00 e. The molecule has 0 radical (unpaired) electrons. The summed E-state index contributed by atoms with van der Waals surface area (Å²) in [6, 6.07) is 0. The molecule has 0 saturated heterocycles. The summed E-state index contributed by atoms with van der Waals surface area (Å²) in [5.41, 5.74) is 0. The van der Waals surface area contributed by atoms with E-state index in [1.807, 2.05) is 0 Å². The zero-order valence-corrected chi connectivity index (χ0v) is 12.7. The van der Waals surface area contributed by atoms with E-state index < -0.39 is 0 Å². The predicted molar refractivity (Wildman–Crippen MR) is 31.7 cm³/mol. The Morgan fingerprint density at radius 1 is 1.17 bits per heavy atom. The minimum atomic E-state index is 0. The Morgan fingerprint density at radius 3 is 1.17 bits per heavy atom. The maximum absolute atomic E-state index is 0. The van der Waals surface area contributed by atoms with Crippen LogP contribution in [0.1, 0.15) is 8.56 Å². The largest absolute Gasteiger partial charge is 2.00 e. The van der Waals surface area contributed by atoms with Gasteiger partial charge in [-0.1, -0.05) is 0 Å². The van der Waals surface area contributed by atoms with Crippen LogP contribution in [0, 0.1) is 0 Å². The summed E-state index contributed by atoms with van der Waals surface area (Å²) in [6.45, 7) is 0. The van der Waals surface area contributed by atoms with Gasteiger partial charge in [-0.15, -0.1) is 0 Å². The van der Waals surface area contributed by atoms with Gasteiger partial charge >= 0.3 is 142 Å². The molecule has 0 rings (SSSR count). The van der Waals surface area contributed by atoms with E-state index in [2.05, 4.69) is 0 Å². The Bertz CT molecular complexity index is 27.5. The average molecular weight is 181 g/mol. The third-order valence-corrected chi connectivity index (χ3v) is 0. The summed E-state index contributed by atoms with van der Waals surface area (Å²) in [4.78, 5) is 0. The molecule has 0 saturated carbocycles. The Labute approximate surface area is 168 Å². The van der Waals surface area contributed by atoms with E-state index in [1.54, 1.807) is 0 Å². The molecule has 0 bridgehead atoms. The molecule has 0 aromatic rings. The summed E-state index contributed by atoms with van der Waals surface area (Å²) in [5.74, 6) is 0. The number of hydrogen-bond donors (Lipinski definition) is 0. The summed E-state index contributed by atoms with van der Waals surface area (Å²) in [7, 11) is 0. The predicted octanol–water partition coefficient (Wildman–Crippen LogP) is -8.09. The first-order chi connectivity index (χ1) is 0. The van der Waals surface area contributed by atoms with Crippen LogP contribution in [0.15, 0.2) is 0 Å². The molecule has 0 aromatic carbocycles. The van der Waals surface area contributed by atoms with Crippen LogP contribution >= 0.6 is 0 Å². The van der Waals surface area contributed by atoms with Gasteiger partial charge < -0.3 is 14.0 Å². The molecule has 0 fully saturated rings. The molecule has 0 atom stereocenters. The second-order valence-corrected chi connectivity index (χ2v) is 0. The quantitative estimate of drug-likeness (QED) is 0.332. The van der Waals surface area contributed by atoms with Gasteiger partial charge in [0.25, 0.3) is 0 Å². The zero-order valence-electron chi connectivity index (χ0n) is 9.91. The van der Waals surface area contributed by atoms with Crippen molar-refractivity contribution in [2.75, 3.05) is 0 Å². The van der Waals surface area contributed by atoms with Gasteiger partial charge in [-0.2, -0.15) is 0 Å². The van der Waals surface area contributed by atoms with Crippen molar-refractivity contribution < 1.29 is 95.0 Å². The number of hydrogen-bond acceptors (Lipinski definition) is 0. The summed E-state index contributed by atoms with van der Waals surface area (Å²) in [6.07, 6.45) is 0. The van der Waals surface area contributed by atoms with E-state index in [9.17, 15) is 0 Å². The Balaban J connectivity index is 0. The van der Waals surface area contributed by atoms with Gasteiger partial charge in [0.05, 0.1) is 0 Å². The van der Waals surface area contributed by atoms with Crippen LogP contribution in [0.3, 0.4) is 0 Å². The topological polar surface area (TPSA) is 31.5 Å². The molecule has 0 amide bonds. The van der Waals surface area contributed by atoms with Gasteiger partial charge in [0.2, 0.25) is 0 Å². The second kappa shape index (κ2) is 32.0. The van der Waals surface area contributed by atoms with E-state index in [-0.39, 0.29) is 173 Å². The molecule has 0 aliphatic heterocycles. The molecule has 0 aliphatic carbocycles. The Kier molecular flexibility index (Phi) is 231. The van der Waals surface area contributed by atoms with Gasteiger partial charge in [0.15, 0.2) is 17.4 Å². The fourth-order valence-corrected chi connectivity index (χ4v) is 0. The van der Waals surface area contributed by atoms with Gasteiger partial charge in [0.1, 0.15) is 0 Å². The van der Waals surface area contributed by atoms with Crippen molar-refractivity contribution in [3.63, 3.8) is 0 Å². The average Bonchev–Trinajstić information content (AvgIpc) is 0. The molecule has 0 spiro atoms. The summed E-state index contributed by atoms with van der Waals surface area (Å²) in [5, 5.41) is 0. The molecule has 6 heavy (non-hydrogen) atoms. The first-order valence-electron chi connectivity index (χ1n) is 0. The van der Waals surface area contributed by atoms with E-state index in [0.717, 1.165) is 0 Å². The second-order valence-electron chi connectivity index (χ2n) is 0. The molecular weight excluding hydrogens is 169 g/mol. The minimum Gasteiger partial charge on any atom is -1.00 e. The van der Waals surface area contributed by atoms with Crippen molar-refractivity contribution in [1.82, 2.24) is 0 Å². The van der Waals surface area contributed by atoms with Crippen LogP contribution < -0.4 is 80.9 Å². The Hall–Kier alpha value is 5.15.